The molecule has 5 heteroatoms. The number of nitrogens with zero attached hydrogens (tertiary/aromatic N) is 2. The first kappa shape index (κ1) is 11.8. The lowest BCUT2D eigenvalue weighted by molar-refractivity contribution is 0.112. The first-order chi connectivity index (χ1) is 9.30. The maximum Gasteiger partial charge on any atom is 0.212 e. The van der Waals surface area contributed by atoms with Crippen molar-refractivity contribution < 1.29 is 9.53 Å². The highest BCUT2D eigenvalue weighted by atomic mass is 32.1. The summed E-state index contributed by atoms with van der Waals surface area (Å²) in [5.74, 6) is 0.577. The zero-order valence-corrected chi connectivity index (χ0v) is 11.0. The smallest absolute Gasteiger partial charge is 0.212 e. The Morgan fingerprint density at radius 2 is 2.16 bits per heavy atom. The van der Waals surface area contributed by atoms with Crippen molar-refractivity contribution in [3.05, 3.63) is 42.1 Å². The summed E-state index contributed by atoms with van der Waals surface area (Å²) in [5.41, 5.74) is 2.49. The van der Waals surface area contributed by atoms with Gasteiger partial charge in [0.25, 0.3) is 0 Å². The van der Waals surface area contributed by atoms with E-state index in [0.717, 1.165) is 27.1 Å². The molecule has 0 aliphatic carbocycles. The van der Waals surface area contributed by atoms with E-state index >= 15 is 0 Å². The second-order valence-electron chi connectivity index (χ2n) is 3.95. The van der Waals surface area contributed by atoms with Crippen LogP contribution in [0.25, 0.3) is 20.8 Å². The molecule has 3 rings (SSSR count). The lowest BCUT2D eigenvalue weighted by atomic mass is 10.2. The van der Waals surface area contributed by atoms with Gasteiger partial charge in [-0.2, -0.15) is 0 Å². The number of hydrogen-bond donors (Lipinski definition) is 0. The molecule has 0 saturated heterocycles. The van der Waals surface area contributed by atoms with E-state index in [1.165, 1.54) is 0 Å². The van der Waals surface area contributed by atoms with Gasteiger partial charge in [-0.1, -0.05) is 0 Å². The van der Waals surface area contributed by atoms with Crippen LogP contribution in [0.5, 0.6) is 5.88 Å². The Balaban J connectivity index is 2.06. The number of ether oxygens (including phenoxy) is 1. The van der Waals surface area contributed by atoms with Gasteiger partial charge in [0.1, 0.15) is 11.3 Å². The normalized spacial score (nSPS) is 10.6. The monoisotopic (exact) mass is 270 g/mol. The number of carbonyl (C=O) groups excluding carboxylic acids is 1. The number of rotatable bonds is 3. The Morgan fingerprint density at radius 1 is 1.26 bits per heavy atom. The molecule has 4 nitrogen and oxygen atoms in total. The van der Waals surface area contributed by atoms with Crippen molar-refractivity contribution in [2.24, 2.45) is 0 Å². The number of pyridine rings is 1. The highest BCUT2D eigenvalue weighted by Crippen LogP contribution is 2.30. The highest BCUT2D eigenvalue weighted by molar-refractivity contribution is 7.21. The number of methoxy groups -OCH3 is 1. The van der Waals surface area contributed by atoms with Crippen molar-refractivity contribution in [1.82, 2.24) is 9.97 Å². The molecular formula is C14H10N2O2S. The molecule has 1 aromatic carbocycles. The van der Waals surface area contributed by atoms with E-state index in [1.807, 2.05) is 18.2 Å². The molecule has 0 fully saturated rings. The van der Waals surface area contributed by atoms with Gasteiger partial charge in [0.2, 0.25) is 5.88 Å². The van der Waals surface area contributed by atoms with Crippen LogP contribution >= 0.6 is 11.3 Å². The van der Waals surface area contributed by atoms with Gasteiger partial charge in [0.05, 0.1) is 17.3 Å². The van der Waals surface area contributed by atoms with E-state index in [9.17, 15) is 4.79 Å². The van der Waals surface area contributed by atoms with Gasteiger partial charge in [-0.25, -0.2) is 9.97 Å². The highest BCUT2D eigenvalue weighted by Gasteiger charge is 2.07. The minimum atomic E-state index is 0.577. The fraction of sp³-hybridized carbons (Fsp3) is 0.0714. The Morgan fingerprint density at radius 3 is 2.84 bits per heavy atom. The van der Waals surface area contributed by atoms with Crippen molar-refractivity contribution in [2.75, 3.05) is 7.11 Å². The molecule has 94 valence electrons. The van der Waals surface area contributed by atoms with Crippen LogP contribution in [0, 0.1) is 0 Å². The molecule has 0 atom stereocenters. The number of aromatic nitrogens is 2. The maximum atomic E-state index is 10.8. The third kappa shape index (κ3) is 2.20. The molecule has 0 saturated carbocycles. The van der Waals surface area contributed by atoms with Gasteiger partial charge in [-0.05, 0) is 24.3 Å². The lowest BCUT2D eigenvalue weighted by Crippen LogP contribution is -1.86. The molecule has 0 amide bonds. The summed E-state index contributed by atoms with van der Waals surface area (Å²) >= 11 is 1.54. The molecular weight excluding hydrogens is 260 g/mol. The zero-order chi connectivity index (χ0) is 13.2. The molecule has 3 aromatic rings. The van der Waals surface area contributed by atoms with E-state index in [2.05, 4.69) is 9.97 Å². The van der Waals surface area contributed by atoms with Crippen LogP contribution in [-0.4, -0.2) is 23.4 Å². The fourth-order valence-corrected chi connectivity index (χ4v) is 2.77. The number of hydrogen-bond acceptors (Lipinski definition) is 5. The summed E-state index contributed by atoms with van der Waals surface area (Å²) in [6, 6.07) is 9.20. The maximum absolute atomic E-state index is 10.8. The minimum Gasteiger partial charge on any atom is -0.481 e. The molecule has 0 bridgehead atoms. The quantitative estimate of drug-likeness (QED) is 0.686. The Hall–Kier alpha value is -2.27. The van der Waals surface area contributed by atoms with Crippen LogP contribution in [0.4, 0.5) is 0 Å². The third-order valence-electron chi connectivity index (χ3n) is 2.74. The van der Waals surface area contributed by atoms with Crippen LogP contribution in [0.3, 0.4) is 0 Å². The van der Waals surface area contributed by atoms with Crippen LogP contribution in [0.15, 0.2) is 36.5 Å². The van der Waals surface area contributed by atoms with Gasteiger partial charge in [-0.15, -0.1) is 11.3 Å². The zero-order valence-electron chi connectivity index (χ0n) is 10.2. The fourth-order valence-electron chi connectivity index (χ4n) is 1.77. The van der Waals surface area contributed by atoms with Gasteiger partial charge in [0, 0.05) is 23.4 Å². The van der Waals surface area contributed by atoms with Crippen molar-refractivity contribution >= 4 is 27.8 Å². The standard InChI is InChI=1S/C14H10N2O2S/c1-18-13-5-3-10(7-15-13)14-16-11-4-2-9(8-17)6-12(11)19-14/h2-8H,1H3. The molecule has 2 aromatic heterocycles. The van der Waals surface area contributed by atoms with Crippen LogP contribution in [-0.2, 0) is 0 Å². The first-order valence-corrected chi connectivity index (χ1v) is 6.48. The summed E-state index contributed by atoms with van der Waals surface area (Å²) in [7, 11) is 1.58. The molecule has 0 aliphatic heterocycles. The van der Waals surface area contributed by atoms with Gasteiger partial charge in [-0.3, -0.25) is 4.79 Å². The Kier molecular flexibility index (Phi) is 2.97. The number of carbonyl (C=O) groups is 1. The van der Waals surface area contributed by atoms with E-state index in [4.69, 9.17) is 4.74 Å². The van der Waals surface area contributed by atoms with E-state index in [-0.39, 0.29) is 0 Å². The summed E-state index contributed by atoms with van der Waals surface area (Å²) in [5, 5.41) is 0.883. The van der Waals surface area contributed by atoms with Crippen molar-refractivity contribution in [3.8, 4) is 16.5 Å². The molecule has 0 aliphatic rings. The summed E-state index contributed by atoms with van der Waals surface area (Å²) in [4.78, 5) is 19.5. The second kappa shape index (κ2) is 4.78. The minimum absolute atomic E-state index is 0.577. The molecule has 0 unspecified atom stereocenters. The molecule has 0 radical (unpaired) electrons. The van der Waals surface area contributed by atoms with E-state index in [0.29, 0.717) is 11.4 Å². The molecule has 2 heterocycles. The van der Waals surface area contributed by atoms with Crippen molar-refractivity contribution in [3.63, 3.8) is 0 Å². The van der Waals surface area contributed by atoms with Gasteiger partial charge >= 0.3 is 0 Å². The molecule has 0 spiro atoms. The lowest BCUT2D eigenvalue weighted by Gasteiger charge is -1.98. The summed E-state index contributed by atoms with van der Waals surface area (Å²) < 4.78 is 6.02. The number of thiazole rings is 1. The second-order valence-corrected chi connectivity index (χ2v) is 4.98. The average Bonchev–Trinajstić information content (AvgIpc) is 2.90. The number of aldehydes is 1. The molecule has 19 heavy (non-hydrogen) atoms. The first-order valence-electron chi connectivity index (χ1n) is 5.66. The Labute approximate surface area is 113 Å². The van der Waals surface area contributed by atoms with Crippen LogP contribution in [0.2, 0.25) is 0 Å². The average molecular weight is 270 g/mol. The van der Waals surface area contributed by atoms with Crippen LogP contribution < -0.4 is 4.74 Å². The third-order valence-corrected chi connectivity index (χ3v) is 3.81. The summed E-state index contributed by atoms with van der Waals surface area (Å²) in [6.45, 7) is 0. The van der Waals surface area contributed by atoms with Gasteiger partial charge < -0.3 is 4.74 Å². The number of fused-ring (bicyclic) bond motifs is 1. The predicted octanol–water partition coefficient (Wildman–Crippen LogP) is 3.18. The SMILES string of the molecule is COc1ccc(-c2nc3ccc(C=O)cc3s2)cn1. The van der Waals surface area contributed by atoms with Crippen LogP contribution in [0.1, 0.15) is 10.4 Å². The predicted molar refractivity (Wildman–Crippen MR) is 74.8 cm³/mol. The Bertz CT molecular complexity index is 735. The number of benzene rings is 1. The van der Waals surface area contributed by atoms with E-state index in [1.54, 1.807) is 36.8 Å². The summed E-state index contributed by atoms with van der Waals surface area (Å²) in [6.07, 6.45) is 2.57. The van der Waals surface area contributed by atoms with Gasteiger partial charge in [0.15, 0.2) is 0 Å². The van der Waals surface area contributed by atoms with E-state index < -0.39 is 0 Å². The van der Waals surface area contributed by atoms with Crippen molar-refractivity contribution in [2.45, 2.75) is 0 Å². The largest absolute Gasteiger partial charge is 0.481 e. The topological polar surface area (TPSA) is 52.1 Å². The van der Waals surface area contributed by atoms with Crippen molar-refractivity contribution in [1.29, 1.82) is 0 Å². The molecule has 0 N–H and O–H groups in total.